The Kier molecular flexibility index (Phi) is 5.75. The highest BCUT2D eigenvalue weighted by molar-refractivity contribution is 7.21. The number of hydrogen-bond donors (Lipinski definition) is 1. The Morgan fingerprint density at radius 2 is 2.03 bits per heavy atom. The van der Waals surface area contributed by atoms with Crippen molar-refractivity contribution in [1.29, 1.82) is 0 Å². The molecule has 3 aromatic heterocycles. The van der Waals surface area contributed by atoms with Crippen LogP contribution in [0.3, 0.4) is 0 Å². The predicted octanol–water partition coefficient (Wildman–Crippen LogP) is 4.32. The molecule has 1 aliphatic heterocycles. The molecule has 0 radical (unpaired) electrons. The van der Waals surface area contributed by atoms with E-state index in [9.17, 15) is 9.59 Å². The summed E-state index contributed by atoms with van der Waals surface area (Å²) in [6.45, 7) is 3.40. The fraction of sp³-hybridized carbons (Fsp3) is 0.320. The largest absolute Gasteiger partial charge is 0.456 e. The number of nitrogens with zero attached hydrogens (tertiary/aromatic N) is 4. The molecule has 2 amide bonds. The molecule has 1 saturated heterocycles. The molecule has 0 aliphatic carbocycles. The van der Waals surface area contributed by atoms with Crippen molar-refractivity contribution >= 4 is 44.4 Å². The van der Waals surface area contributed by atoms with Crippen molar-refractivity contribution in [3.63, 3.8) is 0 Å². The minimum Gasteiger partial charge on any atom is -0.456 e. The van der Waals surface area contributed by atoms with Gasteiger partial charge in [-0.15, -0.1) is 11.3 Å². The zero-order valence-corrected chi connectivity index (χ0v) is 20.5. The number of nitrogens with one attached hydrogen (secondary N) is 1. The van der Waals surface area contributed by atoms with E-state index in [0.717, 1.165) is 46.3 Å². The van der Waals surface area contributed by atoms with Gasteiger partial charge in [-0.2, -0.15) is 0 Å². The average Bonchev–Trinajstić information content (AvgIpc) is 3.54. The topological polar surface area (TPSA) is 79.7 Å². The molecule has 1 aliphatic rings. The molecule has 9 heteroatoms. The third-order valence-corrected chi connectivity index (χ3v) is 7.50. The van der Waals surface area contributed by atoms with E-state index in [1.165, 1.54) is 11.3 Å². The molecule has 0 saturated carbocycles. The van der Waals surface area contributed by atoms with Crippen LogP contribution in [0.25, 0.3) is 21.1 Å². The summed E-state index contributed by atoms with van der Waals surface area (Å²) in [5.74, 6) is 1.36. The van der Waals surface area contributed by atoms with Gasteiger partial charge in [0.2, 0.25) is 0 Å². The SMILES string of the molecule is CNC(=O)n1c(C)cc2cc(Oc3ccnc4cc(C(=O)N5CCC(N(C)C)C5)sc34)ccc21. The highest BCUT2D eigenvalue weighted by Gasteiger charge is 2.29. The van der Waals surface area contributed by atoms with Gasteiger partial charge in [-0.1, -0.05) is 0 Å². The van der Waals surface area contributed by atoms with Crippen molar-refractivity contribution in [2.24, 2.45) is 0 Å². The Morgan fingerprint density at radius 3 is 2.76 bits per heavy atom. The van der Waals surface area contributed by atoms with E-state index in [4.69, 9.17) is 4.74 Å². The lowest BCUT2D eigenvalue weighted by Crippen LogP contribution is -2.34. The van der Waals surface area contributed by atoms with Gasteiger partial charge in [0.15, 0.2) is 0 Å². The molecule has 176 valence electrons. The number of aromatic nitrogens is 2. The molecule has 8 nitrogen and oxygen atoms in total. The van der Waals surface area contributed by atoms with Crippen LogP contribution in [0, 0.1) is 6.92 Å². The number of benzene rings is 1. The number of likely N-dealkylation sites (N-methyl/N-ethyl adjacent to an activating group) is 1. The second kappa shape index (κ2) is 8.73. The van der Waals surface area contributed by atoms with Crippen molar-refractivity contribution in [3.05, 3.63) is 53.2 Å². The van der Waals surface area contributed by atoms with Gasteiger partial charge >= 0.3 is 6.03 Å². The van der Waals surface area contributed by atoms with Crippen LogP contribution in [0.2, 0.25) is 0 Å². The molecule has 1 fully saturated rings. The Balaban J connectivity index is 1.42. The Bertz CT molecular complexity index is 1410. The molecular weight excluding hydrogens is 450 g/mol. The second-order valence-corrected chi connectivity index (χ2v) is 9.84. The maximum absolute atomic E-state index is 13.1. The number of aryl methyl sites for hydroxylation is 1. The highest BCUT2D eigenvalue weighted by Crippen LogP contribution is 2.36. The molecule has 1 aromatic carbocycles. The molecule has 4 aromatic rings. The maximum Gasteiger partial charge on any atom is 0.325 e. The average molecular weight is 478 g/mol. The van der Waals surface area contributed by atoms with Crippen LogP contribution in [0.1, 0.15) is 21.8 Å². The standard InChI is InChI=1S/C25H27N5O3S/c1-15-11-16-12-18(5-6-20(16)30(15)25(32)26-2)33-21-7-9-27-19-13-22(34-23(19)21)24(31)29-10-8-17(14-29)28(3)4/h5-7,9,11-13,17H,8,10,14H2,1-4H3,(H,26,32). The summed E-state index contributed by atoms with van der Waals surface area (Å²) in [4.78, 5) is 34.6. The van der Waals surface area contributed by atoms with Gasteiger partial charge in [0.1, 0.15) is 11.5 Å². The smallest absolute Gasteiger partial charge is 0.325 e. The Hall–Kier alpha value is -3.43. The first-order chi connectivity index (χ1) is 16.4. The van der Waals surface area contributed by atoms with Gasteiger partial charge in [0.25, 0.3) is 5.91 Å². The second-order valence-electron chi connectivity index (χ2n) is 8.79. The third-order valence-electron chi connectivity index (χ3n) is 6.37. The number of hydrogen-bond acceptors (Lipinski definition) is 6. The number of pyridine rings is 1. The summed E-state index contributed by atoms with van der Waals surface area (Å²) < 4.78 is 8.71. The van der Waals surface area contributed by atoms with Gasteiger partial charge in [-0.25, -0.2) is 4.79 Å². The van der Waals surface area contributed by atoms with Gasteiger partial charge in [0, 0.05) is 49.5 Å². The summed E-state index contributed by atoms with van der Waals surface area (Å²) in [5.41, 5.74) is 2.41. The number of carbonyl (C=O) groups is 2. The fourth-order valence-corrected chi connectivity index (χ4v) is 5.54. The summed E-state index contributed by atoms with van der Waals surface area (Å²) in [7, 11) is 5.72. The van der Waals surface area contributed by atoms with Crippen LogP contribution in [-0.2, 0) is 0 Å². The monoisotopic (exact) mass is 477 g/mol. The zero-order chi connectivity index (χ0) is 24.0. The highest BCUT2D eigenvalue weighted by atomic mass is 32.1. The van der Waals surface area contributed by atoms with Gasteiger partial charge in [-0.05, 0) is 57.8 Å². The number of ether oxygens (including phenoxy) is 1. The lowest BCUT2D eigenvalue weighted by molar-refractivity contribution is 0.0788. The number of fused-ring (bicyclic) bond motifs is 2. The van der Waals surface area contributed by atoms with Crippen molar-refractivity contribution in [1.82, 2.24) is 24.7 Å². The quantitative estimate of drug-likeness (QED) is 0.474. The summed E-state index contributed by atoms with van der Waals surface area (Å²) in [6.07, 6.45) is 2.68. The molecule has 0 bridgehead atoms. The van der Waals surface area contributed by atoms with Crippen molar-refractivity contribution in [2.75, 3.05) is 34.2 Å². The molecule has 4 heterocycles. The van der Waals surface area contributed by atoms with Crippen LogP contribution in [0.15, 0.2) is 42.6 Å². The lowest BCUT2D eigenvalue weighted by atomic mass is 10.2. The van der Waals surface area contributed by atoms with Crippen LogP contribution < -0.4 is 10.1 Å². The molecule has 0 spiro atoms. The molecular formula is C25H27N5O3S. The van der Waals surface area contributed by atoms with Crippen molar-refractivity contribution < 1.29 is 14.3 Å². The summed E-state index contributed by atoms with van der Waals surface area (Å²) >= 11 is 1.42. The van der Waals surface area contributed by atoms with Gasteiger partial charge in [0.05, 0.1) is 20.6 Å². The van der Waals surface area contributed by atoms with Crippen LogP contribution in [-0.4, -0.2) is 71.6 Å². The normalized spacial score (nSPS) is 16.0. The third kappa shape index (κ3) is 3.91. The van der Waals surface area contributed by atoms with E-state index in [2.05, 4.69) is 29.3 Å². The minimum atomic E-state index is -0.178. The van der Waals surface area contributed by atoms with Crippen LogP contribution in [0.4, 0.5) is 4.79 Å². The fourth-order valence-electron chi connectivity index (χ4n) is 4.51. The Labute approximate surface area is 201 Å². The maximum atomic E-state index is 13.1. The van der Waals surface area contributed by atoms with E-state index in [1.807, 2.05) is 48.2 Å². The van der Waals surface area contributed by atoms with E-state index in [1.54, 1.807) is 17.8 Å². The Morgan fingerprint density at radius 1 is 1.21 bits per heavy atom. The number of thiophene rings is 1. The number of rotatable bonds is 4. The van der Waals surface area contributed by atoms with E-state index < -0.39 is 0 Å². The lowest BCUT2D eigenvalue weighted by Gasteiger charge is -2.19. The zero-order valence-electron chi connectivity index (χ0n) is 19.7. The molecule has 1 unspecified atom stereocenters. The first kappa shape index (κ1) is 22.4. The van der Waals surface area contributed by atoms with Crippen LogP contribution in [0.5, 0.6) is 11.5 Å². The summed E-state index contributed by atoms with van der Waals surface area (Å²) in [5, 5.41) is 3.58. The van der Waals surface area contributed by atoms with E-state index >= 15 is 0 Å². The predicted molar refractivity (Wildman–Crippen MR) is 134 cm³/mol. The number of amides is 2. The first-order valence-corrected chi connectivity index (χ1v) is 12.0. The number of likely N-dealkylation sites (tertiary alicyclic amines) is 1. The van der Waals surface area contributed by atoms with Gasteiger partial charge in [-0.3, -0.25) is 14.3 Å². The number of carbonyl (C=O) groups excluding carboxylic acids is 2. The molecule has 34 heavy (non-hydrogen) atoms. The molecule has 5 rings (SSSR count). The van der Waals surface area contributed by atoms with Crippen molar-refractivity contribution in [2.45, 2.75) is 19.4 Å². The van der Waals surface area contributed by atoms with E-state index in [-0.39, 0.29) is 11.9 Å². The first-order valence-electron chi connectivity index (χ1n) is 11.2. The van der Waals surface area contributed by atoms with Gasteiger partial charge < -0.3 is 19.9 Å². The van der Waals surface area contributed by atoms with Crippen LogP contribution >= 0.6 is 11.3 Å². The minimum absolute atomic E-state index is 0.0470. The molecule has 1 N–H and O–H groups in total. The molecule has 1 atom stereocenters. The summed E-state index contributed by atoms with van der Waals surface area (Å²) in [6, 6.07) is 11.5. The van der Waals surface area contributed by atoms with Crippen molar-refractivity contribution in [3.8, 4) is 11.5 Å². The van der Waals surface area contributed by atoms with E-state index in [0.29, 0.717) is 22.4 Å².